The molecule has 1 atom stereocenters. The van der Waals surface area contributed by atoms with E-state index < -0.39 is 0 Å². The molecule has 4 rings (SSSR count). The molecule has 1 heterocycles. The summed E-state index contributed by atoms with van der Waals surface area (Å²) in [6.07, 6.45) is 5.56. The third-order valence-electron chi connectivity index (χ3n) is 7.01. The molecule has 1 fully saturated rings. The fourth-order valence-electron chi connectivity index (χ4n) is 5.05. The molecule has 0 bridgehead atoms. The van der Waals surface area contributed by atoms with Gasteiger partial charge in [0.15, 0.2) is 0 Å². The summed E-state index contributed by atoms with van der Waals surface area (Å²) in [5.41, 5.74) is 2.65. The van der Waals surface area contributed by atoms with Crippen molar-refractivity contribution in [3.8, 4) is 5.75 Å². The van der Waals surface area contributed by atoms with E-state index in [0.29, 0.717) is 6.04 Å². The highest BCUT2D eigenvalue weighted by atomic mass is 32.1. The van der Waals surface area contributed by atoms with E-state index in [1.54, 1.807) is 11.3 Å². The average molecular weight is 464 g/mol. The zero-order chi connectivity index (χ0) is 23.1. The summed E-state index contributed by atoms with van der Waals surface area (Å²) in [6.45, 7) is 0.924. The van der Waals surface area contributed by atoms with Crippen LogP contribution >= 0.6 is 11.3 Å². The van der Waals surface area contributed by atoms with Gasteiger partial charge in [0.05, 0.1) is 5.69 Å². The standard InChI is InChI=1S/C28H37N3OS/c1-29-20-17-26(27-14-9-21-33-27)32-25-13-8-7-12-24(25)30-23-15-18-28(19-16-23,31(2)3)22-10-5-4-6-11-22/h4-14,21,23,26,29-30H,15-20H2,1-3H3/t23?,26-,28?/m1/s1. The molecular weight excluding hydrogens is 426 g/mol. The van der Waals surface area contributed by atoms with Gasteiger partial charge < -0.3 is 15.4 Å². The lowest BCUT2D eigenvalue weighted by Gasteiger charge is -2.46. The molecule has 2 aromatic carbocycles. The summed E-state index contributed by atoms with van der Waals surface area (Å²) in [4.78, 5) is 3.69. The number of ether oxygens (including phenoxy) is 1. The Morgan fingerprint density at radius 1 is 1.00 bits per heavy atom. The van der Waals surface area contributed by atoms with E-state index in [-0.39, 0.29) is 11.6 Å². The van der Waals surface area contributed by atoms with Gasteiger partial charge in [-0.3, -0.25) is 4.90 Å². The van der Waals surface area contributed by atoms with Crippen molar-refractivity contribution in [3.63, 3.8) is 0 Å². The van der Waals surface area contributed by atoms with Crippen LogP contribution < -0.4 is 15.4 Å². The van der Waals surface area contributed by atoms with Gasteiger partial charge in [0.2, 0.25) is 0 Å². The third-order valence-corrected chi connectivity index (χ3v) is 7.98. The molecule has 0 spiro atoms. The largest absolute Gasteiger partial charge is 0.483 e. The lowest BCUT2D eigenvalue weighted by atomic mass is 9.74. The summed E-state index contributed by atoms with van der Waals surface area (Å²) < 4.78 is 6.58. The van der Waals surface area contributed by atoms with E-state index in [1.165, 1.54) is 10.4 Å². The topological polar surface area (TPSA) is 36.5 Å². The quantitative estimate of drug-likeness (QED) is 0.370. The second kappa shape index (κ2) is 11.2. The molecule has 1 aliphatic carbocycles. The van der Waals surface area contributed by atoms with E-state index in [4.69, 9.17) is 4.74 Å². The molecule has 33 heavy (non-hydrogen) atoms. The Morgan fingerprint density at radius 2 is 1.73 bits per heavy atom. The van der Waals surface area contributed by atoms with Crippen LogP contribution in [0.25, 0.3) is 0 Å². The summed E-state index contributed by atoms with van der Waals surface area (Å²) in [5, 5.41) is 9.22. The summed E-state index contributed by atoms with van der Waals surface area (Å²) in [6, 6.07) is 24.1. The second-order valence-electron chi connectivity index (χ2n) is 9.22. The number of nitrogens with zero attached hydrogens (tertiary/aromatic N) is 1. The highest BCUT2D eigenvalue weighted by molar-refractivity contribution is 7.10. The van der Waals surface area contributed by atoms with Crippen molar-refractivity contribution >= 4 is 17.0 Å². The SMILES string of the molecule is CNCC[C@@H](Oc1ccccc1NC1CCC(c2ccccc2)(N(C)C)CC1)c1cccs1. The van der Waals surface area contributed by atoms with Crippen LogP contribution in [0.3, 0.4) is 0 Å². The number of hydrogen-bond acceptors (Lipinski definition) is 5. The Labute approximate surface area is 203 Å². The molecule has 3 aromatic rings. The molecule has 1 aliphatic rings. The van der Waals surface area contributed by atoms with Crippen LogP contribution in [0.4, 0.5) is 5.69 Å². The zero-order valence-corrected chi connectivity index (χ0v) is 20.9. The fraction of sp³-hybridized carbons (Fsp3) is 0.429. The molecule has 176 valence electrons. The highest BCUT2D eigenvalue weighted by Crippen LogP contribution is 2.42. The molecular formula is C28H37N3OS. The van der Waals surface area contributed by atoms with Crippen molar-refractivity contribution in [2.75, 3.05) is 33.0 Å². The number of thiophene rings is 1. The van der Waals surface area contributed by atoms with Gasteiger partial charge in [-0.1, -0.05) is 48.5 Å². The molecule has 0 unspecified atom stereocenters. The normalized spacial score (nSPS) is 21.6. The van der Waals surface area contributed by atoms with Gasteiger partial charge in [0, 0.05) is 22.9 Å². The smallest absolute Gasteiger partial charge is 0.143 e. The molecule has 0 radical (unpaired) electrons. The predicted octanol–water partition coefficient (Wildman–Crippen LogP) is 6.29. The Balaban J connectivity index is 1.45. The van der Waals surface area contributed by atoms with Gasteiger partial charge in [0.25, 0.3) is 0 Å². The molecule has 0 saturated heterocycles. The number of hydrogen-bond donors (Lipinski definition) is 2. The minimum Gasteiger partial charge on any atom is -0.483 e. The highest BCUT2D eigenvalue weighted by Gasteiger charge is 2.38. The van der Waals surface area contributed by atoms with E-state index >= 15 is 0 Å². The lowest BCUT2D eigenvalue weighted by molar-refractivity contribution is 0.0944. The van der Waals surface area contributed by atoms with Crippen molar-refractivity contribution in [2.45, 2.75) is 49.8 Å². The number of nitrogens with one attached hydrogen (secondary N) is 2. The Morgan fingerprint density at radius 3 is 2.39 bits per heavy atom. The molecule has 4 nitrogen and oxygen atoms in total. The van der Waals surface area contributed by atoms with Gasteiger partial charge in [-0.15, -0.1) is 11.3 Å². The number of rotatable bonds is 10. The Kier molecular flexibility index (Phi) is 8.07. The van der Waals surface area contributed by atoms with Crippen LogP contribution in [0.5, 0.6) is 5.75 Å². The summed E-state index contributed by atoms with van der Waals surface area (Å²) in [7, 11) is 6.44. The minimum absolute atomic E-state index is 0.0613. The molecule has 2 N–H and O–H groups in total. The first kappa shape index (κ1) is 23.8. The first-order valence-electron chi connectivity index (χ1n) is 12.1. The Hall–Kier alpha value is -2.34. The van der Waals surface area contributed by atoms with Crippen molar-refractivity contribution in [1.82, 2.24) is 10.2 Å². The van der Waals surface area contributed by atoms with Crippen LogP contribution in [0.2, 0.25) is 0 Å². The minimum atomic E-state index is 0.0613. The number of benzene rings is 2. The average Bonchev–Trinajstić information content (AvgIpc) is 3.39. The van der Waals surface area contributed by atoms with Crippen molar-refractivity contribution in [2.24, 2.45) is 0 Å². The monoisotopic (exact) mass is 463 g/mol. The maximum atomic E-state index is 6.58. The number of anilines is 1. The number of para-hydroxylation sites is 2. The van der Waals surface area contributed by atoms with Crippen molar-refractivity contribution in [3.05, 3.63) is 82.6 Å². The van der Waals surface area contributed by atoms with Gasteiger partial charge in [-0.2, -0.15) is 0 Å². The van der Waals surface area contributed by atoms with Gasteiger partial charge in [-0.05, 0) is 82.5 Å². The van der Waals surface area contributed by atoms with E-state index in [1.807, 2.05) is 7.05 Å². The Bertz CT molecular complexity index is 966. The second-order valence-corrected chi connectivity index (χ2v) is 10.2. The van der Waals surface area contributed by atoms with E-state index in [2.05, 4.69) is 102 Å². The van der Waals surface area contributed by atoms with Crippen LogP contribution in [-0.2, 0) is 5.54 Å². The fourth-order valence-corrected chi connectivity index (χ4v) is 5.84. The maximum absolute atomic E-state index is 6.58. The lowest BCUT2D eigenvalue weighted by Crippen LogP contribution is -2.46. The van der Waals surface area contributed by atoms with Crippen LogP contribution in [0.15, 0.2) is 72.1 Å². The first-order chi connectivity index (χ1) is 16.1. The summed E-state index contributed by atoms with van der Waals surface area (Å²) >= 11 is 1.76. The van der Waals surface area contributed by atoms with Crippen molar-refractivity contribution in [1.29, 1.82) is 0 Å². The van der Waals surface area contributed by atoms with E-state index in [0.717, 1.165) is 50.1 Å². The van der Waals surface area contributed by atoms with Crippen LogP contribution in [-0.4, -0.2) is 38.6 Å². The van der Waals surface area contributed by atoms with Crippen LogP contribution in [0.1, 0.15) is 48.6 Å². The van der Waals surface area contributed by atoms with Crippen LogP contribution in [0, 0.1) is 0 Å². The molecule has 5 heteroatoms. The van der Waals surface area contributed by atoms with Gasteiger partial charge in [0.1, 0.15) is 11.9 Å². The maximum Gasteiger partial charge on any atom is 0.143 e. The molecule has 0 aliphatic heterocycles. The molecule has 0 amide bonds. The van der Waals surface area contributed by atoms with E-state index in [9.17, 15) is 0 Å². The molecule has 1 aromatic heterocycles. The van der Waals surface area contributed by atoms with Gasteiger partial charge in [-0.25, -0.2) is 0 Å². The summed E-state index contributed by atoms with van der Waals surface area (Å²) in [5.74, 6) is 0.944. The van der Waals surface area contributed by atoms with Gasteiger partial charge >= 0.3 is 0 Å². The van der Waals surface area contributed by atoms with Crippen molar-refractivity contribution < 1.29 is 4.74 Å². The predicted molar refractivity (Wildman–Crippen MR) is 140 cm³/mol. The third kappa shape index (κ3) is 5.60. The first-order valence-corrected chi connectivity index (χ1v) is 12.9. The molecule has 1 saturated carbocycles. The zero-order valence-electron chi connectivity index (χ0n) is 20.1.